The van der Waals surface area contributed by atoms with Crippen LogP contribution in [0.3, 0.4) is 0 Å². The van der Waals surface area contributed by atoms with Crippen LogP contribution in [-0.2, 0) is 4.79 Å². The monoisotopic (exact) mass is 270 g/mol. The van der Waals surface area contributed by atoms with Gasteiger partial charge in [-0.25, -0.2) is 14.0 Å². The van der Waals surface area contributed by atoms with Crippen LogP contribution in [-0.4, -0.2) is 34.4 Å². The van der Waals surface area contributed by atoms with E-state index in [0.717, 1.165) is 6.07 Å². The summed E-state index contributed by atoms with van der Waals surface area (Å²) in [5.41, 5.74) is 0.811. The van der Waals surface area contributed by atoms with E-state index in [4.69, 9.17) is 5.11 Å². The second-order valence-corrected chi connectivity index (χ2v) is 4.17. The summed E-state index contributed by atoms with van der Waals surface area (Å²) in [6.07, 6.45) is -1.25. The van der Waals surface area contributed by atoms with Crippen molar-refractivity contribution in [3.63, 3.8) is 0 Å². The Labute approximate surface area is 109 Å². The van der Waals surface area contributed by atoms with Gasteiger partial charge < -0.3 is 20.8 Å². The first-order valence-electron chi connectivity index (χ1n) is 5.55. The standard InChI is InChI=1S/C12H15FN2O4/c1-6-3-8(13)5-9(4-6)14-12(19)15-10(7(2)16)11(17)18/h3-5,7,10,16H,1-2H3,(H,17,18)(H2,14,15,19). The molecule has 0 aliphatic rings. The third kappa shape index (κ3) is 4.55. The highest BCUT2D eigenvalue weighted by Gasteiger charge is 2.24. The van der Waals surface area contributed by atoms with Crippen molar-refractivity contribution >= 4 is 17.7 Å². The Morgan fingerprint density at radius 1 is 1.32 bits per heavy atom. The number of hydrogen-bond donors (Lipinski definition) is 4. The Hall–Kier alpha value is -2.15. The van der Waals surface area contributed by atoms with E-state index in [9.17, 15) is 19.1 Å². The summed E-state index contributed by atoms with van der Waals surface area (Å²) in [7, 11) is 0. The predicted octanol–water partition coefficient (Wildman–Crippen LogP) is 1.09. The molecule has 0 fully saturated rings. The molecular weight excluding hydrogens is 255 g/mol. The Morgan fingerprint density at radius 3 is 2.42 bits per heavy atom. The number of amides is 2. The van der Waals surface area contributed by atoms with Gasteiger partial charge in [0.15, 0.2) is 6.04 Å². The number of benzene rings is 1. The maximum Gasteiger partial charge on any atom is 0.328 e. The van der Waals surface area contributed by atoms with E-state index in [1.807, 2.05) is 0 Å². The minimum absolute atomic E-state index is 0.199. The molecule has 1 aromatic carbocycles. The predicted molar refractivity (Wildman–Crippen MR) is 66.4 cm³/mol. The molecule has 0 aliphatic heterocycles. The number of carbonyl (C=O) groups is 2. The molecule has 1 rings (SSSR count). The number of rotatable bonds is 4. The molecule has 2 atom stereocenters. The van der Waals surface area contributed by atoms with Gasteiger partial charge in [0.05, 0.1) is 6.10 Å². The maximum absolute atomic E-state index is 13.1. The molecule has 6 nitrogen and oxygen atoms in total. The van der Waals surface area contributed by atoms with Gasteiger partial charge in [-0.1, -0.05) is 0 Å². The lowest BCUT2D eigenvalue weighted by Crippen LogP contribution is -2.49. The number of halogens is 1. The van der Waals surface area contributed by atoms with Crippen LogP contribution in [0.5, 0.6) is 0 Å². The van der Waals surface area contributed by atoms with E-state index < -0.39 is 30.0 Å². The highest BCUT2D eigenvalue weighted by atomic mass is 19.1. The van der Waals surface area contributed by atoms with Crippen LogP contribution in [0.4, 0.5) is 14.9 Å². The number of carboxylic acid groups (broad SMARTS) is 1. The third-order valence-corrected chi connectivity index (χ3v) is 2.34. The molecule has 2 amide bonds. The van der Waals surface area contributed by atoms with E-state index in [-0.39, 0.29) is 5.69 Å². The summed E-state index contributed by atoms with van der Waals surface area (Å²) in [5, 5.41) is 22.4. The molecule has 0 aromatic heterocycles. The van der Waals surface area contributed by atoms with Crippen molar-refractivity contribution in [2.75, 3.05) is 5.32 Å². The van der Waals surface area contributed by atoms with Crippen LogP contribution in [0.25, 0.3) is 0 Å². The number of aliphatic carboxylic acids is 1. The lowest BCUT2D eigenvalue weighted by atomic mass is 10.2. The highest BCUT2D eigenvalue weighted by molar-refractivity contribution is 5.92. The molecule has 0 aliphatic carbocycles. The van der Waals surface area contributed by atoms with Gasteiger partial charge in [0.25, 0.3) is 0 Å². The van der Waals surface area contributed by atoms with E-state index in [1.165, 1.54) is 19.1 Å². The molecular formula is C12H15FN2O4. The zero-order valence-electron chi connectivity index (χ0n) is 10.5. The van der Waals surface area contributed by atoms with Gasteiger partial charge in [0.1, 0.15) is 5.82 Å². The average Bonchev–Trinajstić information content (AvgIpc) is 2.23. The molecule has 0 saturated heterocycles. The number of aryl methyl sites for hydroxylation is 1. The number of nitrogens with one attached hydrogen (secondary N) is 2. The minimum Gasteiger partial charge on any atom is -0.480 e. The Balaban J connectivity index is 2.71. The van der Waals surface area contributed by atoms with Crippen molar-refractivity contribution in [1.29, 1.82) is 0 Å². The first-order chi connectivity index (χ1) is 8.79. The number of aliphatic hydroxyl groups is 1. The molecule has 104 valence electrons. The van der Waals surface area contributed by atoms with Gasteiger partial charge in [-0.2, -0.15) is 0 Å². The van der Waals surface area contributed by atoms with Gasteiger partial charge in [0.2, 0.25) is 0 Å². The summed E-state index contributed by atoms with van der Waals surface area (Å²) in [5.74, 6) is -1.87. The van der Waals surface area contributed by atoms with Crippen molar-refractivity contribution in [3.8, 4) is 0 Å². The van der Waals surface area contributed by atoms with Crippen LogP contribution in [0.1, 0.15) is 12.5 Å². The number of carboxylic acids is 1. The topological polar surface area (TPSA) is 98.7 Å². The van der Waals surface area contributed by atoms with Gasteiger partial charge in [-0.15, -0.1) is 0 Å². The first-order valence-corrected chi connectivity index (χ1v) is 5.55. The van der Waals surface area contributed by atoms with Crippen LogP contribution < -0.4 is 10.6 Å². The normalized spacial score (nSPS) is 13.5. The summed E-state index contributed by atoms with van der Waals surface area (Å²) in [6, 6.07) is 1.65. The molecule has 2 unspecified atom stereocenters. The van der Waals surface area contributed by atoms with Crippen LogP contribution in [0.2, 0.25) is 0 Å². The van der Waals surface area contributed by atoms with E-state index in [2.05, 4.69) is 10.6 Å². The van der Waals surface area contributed by atoms with Crippen molar-refractivity contribution < 1.29 is 24.2 Å². The average molecular weight is 270 g/mol. The number of anilines is 1. The summed E-state index contributed by atoms with van der Waals surface area (Å²) in [6.45, 7) is 2.90. The fourth-order valence-corrected chi connectivity index (χ4v) is 1.51. The Bertz CT molecular complexity index is 470. The molecule has 1 aromatic rings. The summed E-state index contributed by atoms with van der Waals surface area (Å²) < 4.78 is 13.1. The highest BCUT2D eigenvalue weighted by Crippen LogP contribution is 2.13. The first kappa shape index (κ1) is 14.9. The third-order valence-electron chi connectivity index (χ3n) is 2.34. The van der Waals surface area contributed by atoms with Crippen molar-refractivity contribution in [2.45, 2.75) is 26.0 Å². The zero-order chi connectivity index (χ0) is 14.6. The van der Waals surface area contributed by atoms with Gasteiger partial charge in [0, 0.05) is 5.69 Å². The summed E-state index contributed by atoms with van der Waals surface area (Å²) >= 11 is 0. The van der Waals surface area contributed by atoms with Gasteiger partial charge in [-0.3, -0.25) is 0 Å². The van der Waals surface area contributed by atoms with Gasteiger partial charge in [-0.05, 0) is 37.6 Å². The van der Waals surface area contributed by atoms with Gasteiger partial charge >= 0.3 is 12.0 Å². The van der Waals surface area contributed by atoms with Crippen LogP contribution in [0.15, 0.2) is 18.2 Å². The quantitative estimate of drug-likeness (QED) is 0.658. The number of carbonyl (C=O) groups excluding carboxylic acids is 1. The maximum atomic E-state index is 13.1. The molecule has 0 spiro atoms. The molecule has 4 N–H and O–H groups in total. The van der Waals surface area contributed by atoms with E-state index in [1.54, 1.807) is 6.92 Å². The Morgan fingerprint density at radius 2 is 1.95 bits per heavy atom. The van der Waals surface area contributed by atoms with E-state index in [0.29, 0.717) is 5.56 Å². The zero-order valence-corrected chi connectivity index (χ0v) is 10.5. The van der Waals surface area contributed by atoms with E-state index >= 15 is 0 Å². The molecule has 19 heavy (non-hydrogen) atoms. The number of hydrogen-bond acceptors (Lipinski definition) is 3. The SMILES string of the molecule is Cc1cc(F)cc(NC(=O)NC(C(=O)O)C(C)O)c1. The fraction of sp³-hybridized carbons (Fsp3) is 0.333. The van der Waals surface area contributed by atoms with Crippen molar-refractivity contribution in [1.82, 2.24) is 5.32 Å². The minimum atomic E-state index is -1.44. The Kier molecular flexibility index (Phi) is 4.82. The second-order valence-electron chi connectivity index (χ2n) is 4.17. The van der Waals surface area contributed by atoms with Crippen LogP contribution in [0, 0.1) is 12.7 Å². The number of urea groups is 1. The lowest BCUT2D eigenvalue weighted by molar-refractivity contribution is -0.141. The lowest BCUT2D eigenvalue weighted by Gasteiger charge is -2.17. The summed E-state index contributed by atoms with van der Waals surface area (Å²) in [4.78, 5) is 22.3. The number of aliphatic hydroxyl groups excluding tert-OH is 1. The largest absolute Gasteiger partial charge is 0.480 e. The fourth-order valence-electron chi connectivity index (χ4n) is 1.51. The molecule has 7 heteroatoms. The van der Waals surface area contributed by atoms with Crippen molar-refractivity contribution in [2.24, 2.45) is 0 Å². The molecule has 0 bridgehead atoms. The smallest absolute Gasteiger partial charge is 0.328 e. The second kappa shape index (κ2) is 6.14. The molecule has 0 saturated carbocycles. The van der Waals surface area contributed by atoms with Crippen molar-refractivity contribution in [3.05, 3.63) is 29.6 Å². The van der Waals surface area contributed by atoms with Crippen LogP contribution >= 0.6 is 0 Å². The molecule has 0 radical (unpaired) electrons. The molecule has 0 heterocycles.